The highest BCUT2D eigenvalue weighted by Crippen LogP contribution is 2.32. The first-order valence-corrected chi connectivity index (χ1v) is 9.14. The molecule has 2 nitrogen and oxygen atoms in total. The molecule has 0 radical (unpaired) electrons. The van der Waals surface area contributed by atoms with Gasteiger partial charge >= 0.3 is 0 Å². The first-order chi connectivity index (χ1) is 10.7. The molecular weight excluding hydrogens is 330 g/mol. The van der Waals surface area contributed by atoms with E-state index in [4.69, 9.17) is 12.2 Å². The smallest absolute Gasteiger partial charge is 0.263 e. The van der Waals surface area contributed by atoms with Gasteiger partial charge in [-0.15, -0.1) is 11.3 Å². The standard InChI is InChI=1S/C17H15NOS3/c1-2-3-11-4-6-12(7-5-11)14-9-8-13(21-14)10-15-16(19)18-17(20)22-15/h4-10H,2-3H2,1H3,(H,18,19,20)/b15-10+. The van der Waals surface area contributed by atoms with Crippen molar-refractivity contribution < 1.29 is 4.79 Å². The van der Waals surface area contributed by atoms with Crippen LogP contribution >= 0.6 is 35.3 Å². The Morgan fingerprint density at radius 1 is 1.18 bits per heavy atom. The van der Waals surface area contributed by atoms with Crippen LogP contribution in [-0.2, 0) is 11.2 Å². The second-order valence-corrected chi connectivity index (χ2v) is 7.84. The van der Waals surface area contributed by atoms with Gasteiger partial charge in [0.2, 0.25) is 0 Å². The van der Waals surface area contributed by atoms with Crippen molar-refractivity contribution in [2.75, 3.05) is 0 Å². The van der Waals surface area contributed by atoms with Crippen LogP contribution in [0.15, 0.2) is 41.3 Å². The molecule has 5 heteroatoms. The van der Waals surface area contributed by atoms with E-state index in [1.807, 2.05) is 12.1 Å². The first-order valence-electron chi connectivity index (χ1n) is 7.09. The second kappa shape index (κ2) is 6.77. The lowest BCUT2D eigenvalue weighted by molar-refractivity contribution is -0.115. The zero-order valence-electron chi connectivity index (χ0n) is 12.1. The van der Waals surface area contributed by atoms with Crippen LogP contribution in [0, 0.1) is 0 Å². The predicted molar refractivity (Wildman–Crippen MR) is 100 cm³/mol. The fraction of sp³-hybridized carbons (Fsp3) is 0.176. The van der Waals surface area contributed by atoms with E-state index in [-0.39, 0.29) is 5.91 Å². The number of amides is 1. The summed E-state index contributed by atoms with van der Waals surface area (Å²) in [5, 5.41) is 2.64. The molecule has 1 aliphatic heterocycles. The molecule has 1 fully saturated rings. The number of thioether (sulfide) groups is 1. The van der Waals surface area contributed by atoms with Crippen molar-refractivity contribution in [2.45, 2.75) is 19.8 Å². The lowest BCUT2D eigenvalue weighted by Gasteiger charge is -2.01. The molecule has 2 aromatic rings. The summed E-state index contributed by atoms with van der Waals surface area (Å²) >= 11 is 8.00. The Labute approximate surface area is 143 Å². The predicted octanol–water partition coefficient (Wildman–Crippen LogP) is 4.86. The monoisotopic (exact) mass is 345 g/mol. The highest BCUT2D eigenvalue weighted by Gasteiger charge is 2.22. The van der Waals surface area contributed by atoms with Gasteiger partial charge in [-0.3, -0.25) is 4.79 Å². The van der Waals surface area contributed by atoms with Crippen molar-refractivity contribution in [3.63, 3.8) is 0 Å². The van der Waals surface area contributed by atoms with Crippen LogP contribution in [-0.4, -0.2) is 10.2 Å². The maximum absolute atomic E-state index is 11.7. The van der Waals surface area contributed by atoms with Crippen LogP contribution < -0.4 is 5.32 Å². The van der Waals surface area contributed by atoms with Gasteiger partial charge in [-0.25, -0.2) is 0 Å². The van der Waals surface area contributed by atoms with Crippen molar-refractivity contribution in [1.29, 1.82) is 0 Å². The molecule has 0 unspecified atom stereocenters. The molecule has 0 aliphatic carbocycles. The Balaban J connectivity index is 1.80. The van der Waals surface area contributed by atoms with E-state index < -0.39 is 0 Å². The summed E-state index contributed by atoms with van der Waals surface area (Å²) in [5.74, 6) is -0.103. The largest absolute Gasteiger partial charge is 0.307 e. The molecule has 1 aliphatic rings. The Hall–Kier alpha value is -1.43. The minimum absolute atomic E-state index is 0.103. The summed E-state index contributed by atoms with van der Waals surface area (Å²) in [6.45, 7) is 2.19. The molecule has 1 aromatic carbocycles. The lowest BCUT2D eigenvalue weighted by atomic mass is 10.1. The van der Waals surface area contributed by atoms with Gasteiger partial charge in [-0.2, -0.15) is 0 Å². The van der Waals surface area contributed by atoms with E-state index in [1.165, 1.54) is 27.8 Å². The summed E-state index contributed by atoms with van der Waals surface area (Å²) in [6, 6.07) is 12.9. The van der Waals surface area contributed by atoms with Gasteiger partial charge in [0.15, 0.2) is 0 Å². The van der Waals surface area contributed by atoms with Gasteiger partial charge in [0, 0.05) is 9.75 Å². The SMILES string of the molecule is CCCc1ccc(-c2ccc(/C=C3/SC(=S)NC3=O)s2)cc1. The molecule has 1 amide bonds. The van der Waals surface area contributed by atoms with Gasteiger partial charge in [0.05, 0.1) is 4.91 Å². The Kier molecular flexibility index (Phi) is 4.76. The van der Waals surface area contributed by atoms with Crippen LogP contribution in [0.5, 0.6) is 0 Å². The Morgan fingerprint density at radius 3 is 2.59 bits per heavy atom. The number of thiocarbonyl (C=S) groups is 1. The highest BCUT2D eigenvalue weighted by molar-refractivity contribution is 8.26. The van der Waals surface area contributed by atoms with Crippen LogP contribution in [0.3, 0.4) is 0 Å². The third-order valence-corrected chi connectivity index (χ3v) is 5.56. The molecule has 0 atom stereocenters. The van der Waals surface area contributed by atoms with E-state index in [9.17, 15) is 4.79 Å². The normalized spacial score (nSPS) is 16.3. The summed E-state index contributed by atoms with van der Waals surface area (Å²) in [4.78, 5) is 14.6. The lowest BCUT2D eigenvalue weighted by Crippen LogP contribution is -2.17. The molecule has 1 N–H and O–H groups in total. The molecule has 0 saturated carbocycles. The Bertz CT molecular complexity index is 744. The zero-order valence-corrected chi connectivity index (χ0v) is 14.5. The van der Waals surface area contributed by atoms with Gasteiger partial charge in [-0.05, 0) is 35.8 Å². The van der Waals surface area contributed by atoms with E-state index in [0.717, 1.165) is 17.7 Å². The average Bonchev–Trinajstić information content (AvgIpc) is 3.08. The maximum Gasteiger partial charge on any atom is 0.263 e. The van der Waals surface area contributed by atoms with Crippen molar-refractivity contribution in [3.8, 4) is 10.4 Å². The first kappa shape index (κ1) is 15.5. The van der Waals surface area contributed by atoms with Crippen LogP contribution in [0.25, 0.3) is 16.5 Å². The number of carbonyl (C=O) groups excluding carboxylic acids is 1. The van der Waals surface area contributed by atoms with Crippen molar-refractivity contribution in [3.05, 3.63) is 51.7 Å². The number of carbonyl (C=O) groups is 1. The molecule has 1 aromatic heterocycles. The van der Waals surface area contributed by atoms with E-state index >= 15 is 0 Å². The summed E-state index contributed by atoms with van der Waals surface area (Å²) in [5.41, 5.74) is 2.59. The second-order valence-electron chi connectivity index (χ2n) is 5.00. The van der Waals surface area contributed by atoms with Gasteiger partial charge < -0.3 is 5.32 Å². The Morgan fingerprint density at radius 2 is 1.95 bits per heavy atom. The molecule has 112 valence electrons. The number of aryl methyl sites for hydroxylation is 1. The minimum Gasteiger partial charge on any atom is -0.307 e. The maximum atomic E-state index is 11.7. The summed E-state index contributed by atoms with van der Waals surface area (Å²) < 4.78 is 0.527. The third-order valence-electron chi connectivity index (χ3n) is 3.32. The van der Waals surface area contributed by atoms with Crippen molar-refractivity contribution >= 4 is 51.6 Å². The van der Waals surface area contributed by atoms with E-state index in [0.29, 0.717) is 9.23 Å². The van der Waals surface area contributed by atoms with Crippen LogP contribution in [0.1, 0.15) is 23.8 Å². The molecule has 0 bridgehead atoms. The topological polar surface area (TPSA) is 29.1 Å². The van der Waals surface area contributed by atoms with E-state index in [2.05, 4.69) is 42.6 Å². The molecule has 22 heavy (non-hydrogen) atoms. The summed E-state index contributed by atoms with van der Waals surface area (Å²) in [6.07, 6.45) is 4.19. The number of hydrogen-bond donors (Lipinski definition) is 1. The average molecular weight is 346 g/mol. The number of benzene rings is 1. The fourth-order valence-corrected chi connectivity index (χ4v) is 4.33. The van der Waals surface area contributed by atoms with Crippen molar-refractivity contribution in [1.82, 2.24) is 5.32 Å². The van der Waals surface area contributed by atoms with Crippen molar-refractivity contribution in [2.24, 2.45) is 0 Å². The van der Waals surface area contributed by atoms with Crippen LogP contribution in [0.2, 0.25) is 0 Å². The van der Waals surface area contributed by atoms with E-state index in [1.54, 1.807) is 11.3 Å². The molecule has 2 heterocycles. The molecular formula is C17H15NOS3. The quantitative estimate of drug-likeness (QED) is 0.634. The third kappa shape index (κ3) is 3.48. The summed E-state index contributed by atoms with van der Waals surface area (Å²) in [7, 11) is 0. The van der Waals surface area contributed by atoms with Gasteiger partial charge in [-0.1, -0.05) is 61.6 Å². The number of hydrogen-bond acceptors (Lipinski definition) is 4. The molecule has 0 spiro atoms. The molecule has 3 rings (SSSR count). The number of rotatable bonds is 4. The fourth-order valence-electron chi connectivity index (χ4n) is 2.26. The number of thiophene rings is 1. The number of nitrogens with one attached hydrogen (secondary N) is 1. The minimum atomic E-state index is -0.103. The highest BCUT2D eigenvalue weighted by atomic mass is 32.2. The van der Waals surface area contributed by atoms with Crippen LogP contribution in [0.4, 0.5) is 0 Å². The molecule has 1 saturated heterocycles. The zero-order chi connectivity index (χ0) is 15.5. The van der Waals surface area contributed by atoms with Gasteiger partial charge in [0.25, 0.3) is 5.91 Å². The van der Waals surface area contributed by atoms with Gasteiger partial charge in [0.1, 0.15) is 4.32 Å².